The average molecular weight is 268 g/mol. The Balaban J connectivity index is 3.32. The number of aliphatic carboxylic acids is 1. The van der Waals surface area contributed by atoms with Crippen molar-refractivity contribution in [3.63, 3.8) is 0 Å². The van der Waals surface area contributed by atoms with Gasteiger partial charge in [0, 0.05) is 6.42 Å². The fourth-order valence-electron chi connectivity index (χ4n) is 2.23. The summed E-state index contributed by atoms with van der Waals surface area (Å²) < 4.78 is 0. The quantitative estimate of drug-likeness (QED) is 0.343. The second-order valence-corrected chi connectivity index (χ2v) is 5.56. The minimum absolute atomic E-state index is 0.310. The van der Waals surface area contributed by atoms with Gasteiger partial charge in [-0.3, -0.25) is 4.79 Å². The summed E-state index contributed by atoms with van der Waals surface area (Å²) in [5.74, 6) is -0.677. The molecule has 0 aromatic heterocycles. The molecule has 0 aromatic carbocycles. The van der Waals surface area contributed by atoms with E-state index in [-0.39, 0.29) is 0 Å². The molecule has 0 fully saturated rings. The lowest BCUT2D eigenvalue weighted by Crippen LogP contribution is -1.93. The maximum absolute atomic E-state index is 10.3. The van der Waals surface area contributed by atoms with Crippen molar-refractivity contribution < 1.29 is 9.90 Å². The first-order valence-electron chi connectivity index (χ1n) is 8.04. The van der Waals surface area contributed by atoms with Crippen molar-refractivity contribution in [2.24, 2.45) is 0 Å². The molecule has 19 heavy (non-hydrogen) atoms. The van der Waals surface area contributed by atoms with Crippen molar-refractivity contribution in [2.75, 3.05) is 0 Å². The molecule has 0 atom stereocenters. The molecule has 0 heterocycles. The van der Waals surface area contributed by atoms with E-state index in [9.17, 15) is 4.79 Å². The number of carboxylic acids is 1. The first kappa shape index (κ1) is 18.2. The summed E-state index contributed by atoms with van der Waals surface area (Å²) in [6.45, 7) is 4.46. The lowest BCUT2D eigenvalue weighted by atomic mass is 10.0. The van der Waals surface area contributed by atoms with Crippen LogP contribution in [-0.4, -0.2) is 11.1 Å². The van der Waals surface area contributed by atoms with Gasteiger partial charge < -0.3 is 5.11 Å². The molecule has 0 bridgehead atoms. The lowest BCUT2D eigenvalue weighted by molar-refractivity contribution is -0.137. The van der Waals surface area contributed by atoms with E-state index >= 15 is 0 Å². The molecule has 0 aromatic rings. The van der Waals surface area contributed by atoms with E-state index in [1.807, 2.05) is 0 Å². The Morgan fingerprint density at radius 3 is 2.11 bits per heavy atom. The summed E-state index contributed by atoms with van der Waals surface area (Å²) in [7, 11) is 0. The zero-order chi connectivity index (χ0) is 14.3. The molecule has 2 nitrogen and oxygen atoms in total. The van der Waals surface area contributed by atoms with E-state index in [0.717, 1.165) is 19.3 Å². The van der Waals surface area contributed by atoms with Gasteiger partial charge in [0.15, 0.2) is 0 Å². The summed E-state index contributed by atoms with van der Waals surface area (Å²) in [6, 6.07) is 0. The zero-order valence-electron chi connectivity index (χ0n) is 12.9. The van der Waals surface area contributed by atoms with Crippen LogP contribution in [0.3, 0.4) is 0 Å². The number of rotatable bonds is 13. The minimum Gasteiger partial charge on any atom is -0.481 e. The number of carboxylic acid groups (broad SMARTS) is 1. The van der Waals surface area contributed by atoms with Crippen molar-refractivity contribution >= 4 is 5.97 Å². The van der Waals surface area contributed by atoms with Crippen LogP contribution in [0.25, 0.3) is 0 Å². The van der Waals surface area contributed by atoms with Crippen LogP contribution in [0.15, 0.2) is 11.6 Å². The highest BCUT2D eigenvalue weighted by Gasteiger charge is 1.96. The van der Waals surface area contributed by atoms with Crippen LogP contribution in [0.4, 0.5) is 0 Å². The normalized spacial score (nSPS) is 11.8. The molecule has 0 aliphatic rings. The lowest BCUT2D eigenvalue weighted by Gasteiger charge is -2.03. The van der Waals surface area contributed by atoms with Gasteiger partial charge in [-0.25, -0.2) is 0 Å². The number of carbonyl (C=O) groups is 1. The highest BCUT2D eigenvalue weighted by molar-refractivity contribution is 5.66. The molecular weight excluding hydrogens is 236 g/mol. The Morgan fingerprint density at radius 1 is 0.895 bits per heavy atom. The van der Waals surface area contributed by atoms with Crippen LogP contribution in [0.1, 0.15) is 90.9 Å². The monoisotopic (exact) mass is 268 g/mol. The molecule has 0 aliphatic carbocycles. The summed E-state index contributed by atoms with van der Waals surface area (Å²) in [6.07, 6.45) is 16.2. The predicted octanol–water partition coefficient (Wildman–Crippen LogP) is 5.72. The fourth-order valence-corrected chi connectivity index (χ4v) is 2.23. The third-order valence-electron chi connectivity index (χ3n) is 3.51. The standard InChI is InChI=1S/C17H32O2/c1-3-4-5-6-7-8-10-13-16(2)14-11-9-12-15-17(18)19/h14H,3-13,15H2,1-2H3,(H,18,19)/b16-14+. The van der Waals surface area contributed by atoms with Gasteiger partial charge in [-0.2, -0.15) is 0 Å². The Morgan fingerprint density at radius 2 is 1.47 bits per heavy atom. The van der Waals surface area contributed by atoms with Gasteiger partial charge in [0.05, 0.1) is 0 Å². The smallest absolute Gasteiger partial charge is 0.303 e. The van der Waals surface area contributed by atoms with Gasteiger partial charge in [-0.1, -0.05) is 57.1 Å². The fraction of sp³-hybridized carbons (Fsp3) is 0.824. The van der Waals surface area contributed by atoms with Crippen molar-refractivity contribution in [2.45, 2.75) is 90.9 Å². The Labute approximate surface area is 119 Å². The van der Waals surface area contributed by atoms with E-state index in [4.69, 9.17) is 5.11 Å². The van der Waals surface area contributed by atoms with E-state index in [1.54, 1.807) is 0 Å². The van der Waals surface area contributed by atoms with E-state index in [2.05, 4.69) is 19.9 Å². The van der Waals surface area contributed by atoms with Gasteiger partial charge in [0.25, 0.3) is 0 Å². The molecule has 0 amide bonds. The summed E-state index contributed by atoms with van der Waals surface area (Å²) >= 11 is 0. The molecule has 0 radical (unpaired) electrons. The van der Waals surface area contributed by atoms with Gasteiger partial charge in [-0.05, 0) is 39.0 Å². The van der Waals surface area contributed by atoms with Gasteiger partial charge in [0.1, 0.15) is 0 Å². The second kappa shape index (κ2) is 13.6. The van der Waals surface area contributed by atoms with Crippen molar-refractivity contribution in [3.05, 3.63) is 11.6 Å². The summed E-state index contributed by atoms with van der Waals surface area (Å²) in [5, 5.41) is 8.53. The van der Waals surface area contributed by atoms with Gasteiger partial charge >= 0.3 is 5.97 Å². The van der Waals surface area contributed by atoms with Gasteiger partial charge in [0.2, 0.25) is 0 Å². The maximum Gasteiger partial charge on any atom is 0.303 e. The van der Waals surface area contributed by atoms with Crippen LogP contribution in [0.2, 0.25) is 0 Å². The van der Waals surface area contributed by atoms with E-state index in [1.165, 1.54) is 56.9 Å². The zero-order valence-corrected chi connectivity index (χ0v) is 12.9. The van der Waals surface area contributed by atoms with Crippen molar-refractivity contribution in [1.82, 2.24) is 0 Å². The van der Waals surface area contributed by atoms with Crippen LogP contribution in [0, 0.1) is 0 Å². The Kier molecular flexibility index (Phi) is 13.1. The SMILES string of the molecule is CCCCCCCCC/C(C)=C/CCCCC(=O)O. The van der Waals surface area contributed by atoms with Crippen molar-refractivity contribution in [3.8, 4) is 0 Å². The highest BCUT2D eigenvalue weighted by atomic mass is 16.4. The number of hydrogen-bond donors (Lipinski definition) is 1. The topological polar surface area (TPSA) is 37.3 Å². The largest absolute Gasteiger partial charge is 0.481 e. The molecule has 1 N–H and O–H groups in total. The highest BCUT2D eigenvalue weighted by Crippen LogP contribution is 2.13. The van der Waals surface area contributed by atoms with Crippen LogP contribution < -0.4 is 0 Å². The molecular formula is C17H32O2. The van der Waals surface area contributed by atoms with E-state index in [0.29, 0.717) is 6.42 Å². The summed E-state index contributed by atoms with van der Waals surface area (Å²) in [5.41, 5.74) is 1.48. The second-order valence-electron chi connectivity index (χ2n) is 5.56. The molecule has 0 aliphatic heterocycles. The molecule has 0 unspecified atom stereocenters. The first-order valence-corrected chi connectivity index (χ1v) is 8.04. The van der Waals surface area contributed by atoms with Crippen molar-refractivity contribution in [1.29, 1.82) is 0 Å². The van der Waals surface area contributed by atoms with Crippen LogP contribution in [0.5, 0.6) is 0 Å². The van der Waals surface area contributed by atoms with Crippen LogP contribution in [-0.2, 0) is 4.79 Å². The third kappa shape index (κ3) is 15.2. The number of unbranched alkanes of at least 4 members (excludes halogenated alkanes) is 8. The molecule has 0 rings (SSSR count). The molecule has 0 saturated heterocycles. The first-order chi connectivity index (χ1) is 9.16. The Hall–Kier alpha value is -0.790. The molecule has 0 saturated carbocycles. The van der Waals surface area contributed by atoms with Gasteiger partial charge in [-0.15, -0.1) is 0 Å². The number of hydrogen-bond acceptors (Lipinski definition) is 1. The average Bonchev–Trinajstić information content (AvgIpc) is 2.37. The van der Waals surface area contributed by atoms with E-state index < -0.39 is 5.97 Å². The number of allylic oxidation sites excluding steroid dienone is 2. The van der Waals surface area contributed by atoms with Crippen LogP contribution >= 0.6 is 0 Å². The minimum atomic E-state index is -0.677. The summed E-state index contributed by atoms with van der Waals surface area (Å²) in [4.78, 5) is 10.3. The third-order valence-corrected chi connectivity index (χ3v) is 3.51. The predicted molar refractivity (Wildman–Crippen MR) is 82.5 cm³/mol. The molecule has 0 spiro atoms. The Bertz CT molecular complexity index is 244. The molecule has 112 valence electrons. The maximum atomic E-state index is 10.3. The molecule has 2 heteroatoms.